The number of nitrogens with zero attached hydrogens (tertiary/aromatic N) is 1. The molecule has 0 radical (unpaired) electrons. The van der Waals surface area contributed by atoms with E-state index >= 15 is 0 Å². The first-order chi connectivity index (χ1) is 7.45. The van der Waals surface area contributed by atoms with E-state index in [2.05, 4.69) is 10.6 Å². The number of likely N-dealkylation sites (N-methyl/N-ethyl adjacent to an activating group) is 1. The largest absolute Gasteiger partial charge is 0.392 e. The second-order valence-corrected chi connectivity index (χ2v) is 3.85. The Hall–Kier alpha value is -1.14. The minimum absolute atomic E-state index is 0.0877. The van der Waals surface area contributed by atoms with Crippen LogP contribution in [0.4, 0.5) is 4.79 Å². The van der Waals surface area contributed by atoms with Crippen molar-refractivity contribution in [3.8, 4) is 0 Å². The van der Waals surface area contributed by atoms with Gasteiger partial charge in [-0.25, -0.2) is 4.79 Å². The number of imide groups is 1. The number of hydrogen-bond donors (Lipinski definition) is 3. The van der Waals surface area contributed by atoms with Gasteiger partial charge in [-0.05, 0) is 20.4 Å². The van der Waals surface area contributed by atoms with Gasteiger partial charge >= 0.3 is 6.03 Å². The lowest BCUT2D eigenvalue weighted by Gasteiger charge is -2.17. The number of urea groups is 1. The maximum atomic E-state index is 11.3. The summed E-state index contributed by atoms with van der Waals surface area (Å²) in [5.41, 5.74) is 0. The number of carbonyl (C=O) groups is 2. The molecule has 0 aliphatic rings. The maximum absolute atomic E-state index is 11.3. The van der Waals surface area contributed by atoms with E-state index in [1.54, 1.807) is 18.9 Å². The first kappa shape index (κ1) is 14.9. The number of rotatable bonds is 6. The zero-order valence-electron chi connectivity index (χ0n) is 10.1. The zero-order valence-corrected chi connectivity index (χ0v) is 10.1. The van der Waals surface area contributed by atoms with Crippen molar-refractivity contribution in [1.82, 2.24) is 15.5 Å². The van der Waals surface area contributed by atoms with Crippen LogP contribution in [0.15, 0.2) is 0 Å². The fourth-order valence-electron chi connectivity index (χ4n) is 1.21. The summed E-state index contributed by atoms with van der Waals surface area (Å²) in [5.74, 6) is -0.378. The van der Waals surface area contributed by atoms with Crippen LogP contribution in [-0.4, -0.2) is 54.7 Å². The van der Waals surface area contributed by atoms with Gasteiger partial charge in [0.1, 0.15) is 0 Å². The normalized spacial score (nSPS) is 12.3. The van der Waals surface area contributed by atoms with Gasteiger partial charge in [0, 0.05) is 13.1 Å². The molecule has 0 aromatic carbocycles. The van der Waals surface area contributed by atoms with Crippen molar-refractivity contribution in [3.05, 3.63) is 0 Å². The Kier molecular flexibility index (Phi) is 7.49. The van der Waals surface area contributed by atoms with E-state index in [0.29, 0.717) is 13.1 Å². The van der Waals surface area contributed by atoms with Crippen molar-refractivity contribution in [1.29, 1.82) is 0 Å². The van der Waals surface area contributed by atoms with Crippen LogP contribution in [0.25, 0.3) is 0 Å². The zero-order chi connectivity index (χ0) is 12.6. The number of aliphatic hydroxyl groups excluding tert-OH is 1. The summed E-state index contributed by atoms with van der Waals surface area (Å²) in [6.07, 6.45) is 0.329. The highest BCUT2D eigenvalue weighted by Gasteiger charge is 2.10. The molecule has 0 aliphatic heterocycles. The van der Waals surface area contributed by atoms with Gasteiger partial charge in [0.15, 0.2) is 0 Å². The summed E-state index contributed by atoms with van der Waals surface area (Å²) < 4.78 is 0. The summed E-state index contributed by atoms with van der Waals surface area (Å²) in [4.78, 5) is 24.1. The van der Waals surface area contributed by atoms with Gasteiger partial charge in [-0.1, -0.05) is 6.92 Å². The van der Waals surface area contributed by atoms with Crippen LogP contribution in [0, 0.1) is 0 Å². The lowest BCUT2D eigenvalue weighted by atomic mass is 10.3. The molecule has 0 aliphatic carbocycles. The summed E-state index contributed by atoms with van der Waals surface area (Å²) >= 11 is 0. The molecule has 1 atom stereocenters. The molecular weight excluding hydrogens is 210 g/mol. The highest BCUT2D eigenvalue weighted by molar-refractivity contribution is 5.95. The number of carbonyl (C=O) groups excluding carboxylic acids is 2. The highest BCUT2D eigenvalue weighted by atomic mass is 16.3. The molecule has 0 fully saturated rings. The molecule has 0 bridgehead atoms. The summed E-state index contributed by atoms with van der Waals surface area (Å²) in [6.45, 7) is 4.60. The Labute approximate surface area is 96.0 Å². The quantitative estimate of drug-likeness (QED) is 0.577. The molecule has 0 aromatic rings. The molecule has 0 spiro atoms. The molecule has 0 heterocycles. The van der Waals surface area contributed by atoms with Crippen molar-refractivity contribution in [2.45, 2.75) is 26.4 Å². The van der Waals surface area contributed by atoms with Crippen molar-refractivity contribution in [2.75, 3.05) is 26.7 Å². The average molecular weight is 231 g/mol. The van der Waals surface area contributed by atoms with Crippen molar-refractivity contribution < 1.29 is 14.7 Å². The number of aliphatic hydroxyl groups is 1. The summed E-state index contributed by atoms with van der Waals surface area (Å²) in [5, 5.41) is 13.8. The van der Waals surface area contributed by atoms with E-state index in [0.717, 1.165) is 6.42 Å². The van der Waals surface area contributed by atoms with E-state index in [-0.39, 0.29) is 12.5 Å². The van der Waals surface area contributed by atoms with E-state index < -0.39 is 12.1 Å². The third-order valence-corrected chi connectivity index (χ3v) is 1.78. The molecule has 3 amide bonds. The first-order valence-corrected chi connectivity index (χ1v) is 5.40. The van der Waals surface area contributed by atoms with Gasteiger partial charge in [-0.15, -0.1) is 0 Å². The van der Waals surface area contributed by atoms with Gasteiger partial charge in [0.05, 0.1) is 12.6 Å². The summed E-state index contributed by atoms with van der Waals surface area (Å²) in [7, 11) is 1.70. The van der Waals surface area contributed by atoms with Crippen molar-refractivity contribution in [3.63, 3.8) is 0 Å². The molecule has 6 heteroatoms. The topological polar surface area (TPSA) is 81.7 Å². The number of hydrogen-bond acceptors (Lipinski definition) is 4. The molecule has 0 aromatic heterocycles. The first-order valence-electron chi connectivity index (χ1n) is 5.40. The fourth-order valence-corrected chi connectivity index (χ4v) is 1.21. The number of nitrogens with one attached hydrogen (secondary N) is 2. The Morgan fingerprint density at radius 3 is 2.56 bits per heavy atom. The van der Waals surface area contributed by atoms with E-state index in [9.17, 15) is 9.59 Å². The van der Waals surface area contributed by atoms with Gasteiger partial charge in [-0.2, -0.15) is 0 Å². The minimum atomic E-state index is -0.494. The van der Waals surface area contributed by atoms with Gasteiger partial charge in [0.2, 0.25) is 5.91 Å². The second-order valence-electron chi connectivity index (χ2n) is 3.85. The van der Waals surface area contributed by atoms with Gasteiger partial charge in [0.25, 0.3) is 0 Å². The van der Waals surface area contributed by atoms with Crippen LogP contribution in [-0.2, 0) is 4.79 Å². The molecule has 16 heavy (non-hydrogen) atoms. The molecule has 0 saturated heterocycles. The third kappa shape index (κ3) is 8.19. The monoisotopic (exact) mass is 231 g/mol. The highest BCUT2D eigenvalue weighted by Crippen LogP contribution is 1.87. The third-order valence-electron chi connectivity index (χ3n) is 1.78. The van der Waals surface area contributed by atoms with Crippen molar-refractivity contribution >= 4 is 11.9 Å². The van der Waals surface area contributed by atoms with Crippen LogP contribution in [0.5, 0.6) is 0 Å². The Morgan fingerprint density at radius 2 is 2.06 bits per heavy atom. The minimum Gasteiger partial charge on any atom is -0.392 e. The molecule has 94 valence electrons. The van der Waals surface area contributed by atoms with Crippen LogP contribution < -0.4 is 10.6 Å². The van der Waals surface area contributed by atoms with E-state index in [1.807, 2.05) is 6.92 Å². The Morgan fingerprint density at radius 1 is 1.44 bits per heavy atom. The average Bonchev–Trinajstić information content (AvgIpc) is 2.12. The summed E-state index contributed by atoms with van der Waals surface area (Å²) in [6, 6.07) is -0.475. The molecule has 1 unspecified atom stereocenters. The fraction of sp³-hybridized carbons (Fsp3) is 0.800. The van der Waals surface area contributed by atoms with Crippen LogP contribution in [0.2, 0.25) is 0 Å². The smallest absolute Gasteiger partial charge is 0.321 e. The van der Waals surface area contributed by atoms with Crippen LogP contribution in [0.3, 0.4) is 0 Å². The number of amides is 3. The molecular formula is C10H21N3O3. The SMILES string of the molecule is CCCNC(=O)NC(=O)CN(C)CC(C)O. The van der Waals surface area contributed by atoms with E-state index in [4.69, 9.17) is 5.11 Å². The second kappa shape index (κ2) is 8.06. The maximum Gasteiger partial charge on any atom is 0.321 e. The molecule has 0 saturated carbocycles. The predicted octanol–water partition coefficient (Wildman–Crippen LogP) is -0.465. The lowest BCUT2D eigenvalue weighted by Crippen LogP contribution is -2.44. The molecule has 3 N–H and O–H groups in total. The Bertz CT molecular complexity index is 231. The standard InChI is InChI=1S/C10H21N3O3/c1-4-5-11-10(16)12-9(15)7-13(3)6-8(2)14/h8,14H,4-7H2,1-3H3,(H2,11,12,15,16). The molecule has 6 nitrogen and oxygen atoms in total. The Balaban J connectivity index is 3.76. The van der Waals surface area contributed by atoms with Crippen LogP contribution in [0.1, 0.15) is 20.3 Å². The van der Waals surface area contributed by atoms with Crippen molar-refractivity contribution in [2.24, 2.45) is 0 Å². The molecule has 0 rings (SSSR count). The van der Waals surface area contributed by atoms with Gasteiger partial charge in [-0.3, -0.25) is 15.0 Å². The predicted molar refractivity (Wildman–Crippen MR) is 61.0 cm³/mol. The van der Waals surface area contributed by atoms with Crippen LogP contribution >= 0.6 is 0 Å². The van der Waals surface area contributed by atoms with E-state index in [1.165, 1.54) is 0 Å². The van der Waals surface area contributed by atoms with Gasteiger partial charge < -0.3 is 10.4 Å². The lowest BCUT2D eigenvalue weighted by molar-refractivity contribution is -0.121.